The highest BCUT2D eigenvalue weighted by molar-refractivity contribution is 5.10. The number of aliphatic hydroxyl groups excluding tert-OH is 1. The van der Waals surface area contributed by atoms with Gasteiger partial charge in [0.25, 0.3) is 0 Å². The van der Waals surface area contributed by atoms with E-state index in [0.717, 1.165) is 37.3 Å². The third-order valence-corrected chi connectivity index (χ3v) is 3.84. The monoisotopic (exact) mass is 225 g/mol. The molecule has 1 saturated carbocycles. The highest BCUT2D eigenvalue weighted by Gasteiger charge is 2.34. The first-order valence-electron chi connectivity index (χ1n) is 6.35. The van der Waals surface area contributed by atoms with E-state index in [-0.39, 0.29) is 6.10 Å². The molecule has 0 amide bonds. The van der Waals surface area contributed by atoms with Crippen molar-refractivity contribution in [1.29, 1.82) is 0 Å². The SMILES string of the molecule is COCC(O)CCNCC1CC2C=CC1C2. The molecule has 2 rings (SSSR count). The van der Waals surface area contributed by atoms with Gasteiger partial charge in [0, 0.05) is 7.11 Å². The standard InChI is InChI=1S/C13H23NO2/c1-16-9-13(15)4-5-14-8-12-7-10-2-3-11(12)6-10/h2-3,10-15H,4-9H2,1H3. The molecule has 0 spiro atoms. The third-order valence-electron chi connectivity index (χ3n) is 3.84. The lowest BCUT2D eigenvalue weighted by atomic mass is 9.93. The molecule has 4 unspecified atom stereocenters. The van der Waals surface area contributed by atoms with Gasteiger partial charge in [0.05, 0.1) is 12.7 Å². The number of allylic oxidation sites excluding steroid dienone is 2. The summed E-state index contributed by atoms with van der Waals surface area (Å²) in [5, 5.41) is 12.9. The second-order valence-corrected chi connectivity index (χ2v) is 5.14. The Bertz CT molecular complexity index is 242. The second kappa shape index (κ2) is 5.80. The van der Waals surface area contributed by atoms with Crippen molar-refractivity contribution in [2.75, 3.05) is 26.8 Å². The molecular weight excluding hydrogens is 202 g/mol. The molecule has 3 nitrogen and oxygen atoms in total. The summed E-state index contributed by atoms with van der Waals surface area (Å²) in [5.41, 5.74) is 0. The van der Waals surface area contributed by atoms with Gasteiger partial charge in [0.15, 0.2) is 0 Å². The van der Waals surface area contributed by atoms with Crippen LogP contribution in [0.1, 0.15) is 19.3 Å². The zero-order chi connectivity index (χ0) is 11.4. The van der Waals surface area contributed by atoms with Gasteiger partial charge in [-0.3, -0.25) is 0 Å². The predicted molar refractivity (Wildman–Crippen MR) is 64.2 cm³/mol. The van der Waals surface area contributed by atoms with E-state index >= 15 is 0 Å². The fourth-order valence-electron chi connectivity index (χ4n) is 2.96. The molecule has 2 aliphatic carbocycles. The van der Waals surface area contributed by atoms with Crippen molar-refractivity contribution >= 4 is 0 Å². The largest absolute Gasteiger partial charge is 0.391 e. The Morgan fingerprint density at radius 1 is 1.44 bits per heavy atom. The Labute approximate surface area is 97.9 Å². The van der Waals surface area contributed by atoms with Crippen molar-refractivity contribution < 1.29 is 9.84 Å². The lowest BCUT2D eigenvalue weighted by Crippen LogP contribution is -2.29. The van der Waals surface area contributed by atoms with Crippen LogP contribution in [0.5, 0.6) is 0 Å². The van der Waals surface area contributed by atoms with Gasteiger partial charge in [0.1, 0.15) is 0 Å². The summed E-state index contributed by atoms with van der Waals surface area (Å²) in [6.07, 6.45) is 7.96. The molecule has 0 aromatic rings. The maximum Gasteiger partial charge on any atom is 0.0785 e. The van der Waals surface area contributed by atoms with Crippen LogP contribution < -0.4 is 5.32 Å². The molecule has 0 radical (unpaired) electrons. The van der Waals surface area contributed by atoms with Crippen LogP contribution >= 0.6 is 0 Å². The minimum atomic E-state index is -0.322. The summed E-state index contributed by atoms with van der Waals surface area (Å²) >= 11 is 0. The first-order chi connectivity index (χ1) is 7.79. The summed E-state index contributed by atoms with van der Waals surface area (Å²) in [4.78, 5) is 0. The molecule has 0 aliphatic heterocycles. The molecule has 4 atom stereocenters. The lowest BCUT2D eigenvalue weighted by Gasteiger charge is -2.19. The molecule has 2 N–H and O–H groups in total. The Morgan fingerprint density at radius 3 is 2.94 bits per heavy atom. The summed E-state index contributed by atoms with van der Waals surface area (Å²) in [7, 11) is 1.62. The van der Waals surface area contributed by atoms with E-state index in [2.05, 4.69) is 17.5 Å². The summed E-state index contributed by atoms with van der Waals surface area (Å²) < 4.78 is 4.89. The van der Waals surface area contributed by atoms with Gasteiger partial charge < -0.3 is 15.2 Å². The molecular formula is C13H23NO2. The van der Waals surface area contributed by atoms with Crippen LogP contribution in [0.3, 0.4) is 0 Å². The van der Waals surface area contributed by atoms with E-state index < -0.39 is 0 Å². The second-order valence-electron chi connectivity index (χ2n) is 5.14. The van der Waals surface area contributed by atoms with Crippen LogP contribution in [0.2, 0.25) is 0 Å². The van der Waals surface area contributed by atoms with Gasteiger partial charge in [-0.2, -0.15) is 0 Å². The number of nitrogens with one attached hydrogen (secondary N) is 1. The average Bonchev–Trinajstić information content (AvgIpc) is 2.86. The molecule has 92 valence electrons. The smallest absolute Gasteiger partial charge is 0.0785 e. The highest BCUT2D eigenvalue weighted by Crippen LogP contribution is 2.42. The van der Waals surface area contributed by atoms with Crippen LogP contribution in [-0.4, -0.2) is 38.0 Å². The number of methoxy groups -OCH3 is 1. The Balaban J connectivity index is 1.54. The van der Waals surface area contributed by atoms with E-state index in [4.69, 9.17) is 4.74 Å². The van der Waals surface area contributed by atoms with Crippen LogP contribution in [0.15, 0.2) is 12.2 Å². The minimum Gasteiger partial charge on any atom is -0.391 e. The van der Waals surface area contributed by atoms with E-state index in [1.807, 2.05) is 0 Å². The van der Waals surface area contributed by atoms with Gasteiger partial charge in [-0.25, -0.2) is 0 Å². The third kappa shape index (κ3) is 3.06. The van der Waals surface area contributed by atoms with Gasteiger partial charge in [-0.05, 0) is 50.1 Å². The van der Waals surface area contributed by atoms with Crippen molar-refractivity contribution in [2.45, 2.75) is 25.4 Å². The molecule has 16 heavy (non-hydrogen) atoms. The van der Waals surface area contributed by atoms with Crippen LogP contribution in [0.25, 0.3) is 0 Å². The van der Waals surface area contributed by atoms with Crippen molar-refractivity contribution in [3.8, 4) is 0 Å². The molecule has 0 saturated heterocycles. The molecule has 0 aromatic carbocycles. The van der Waals surface area contributed by atoms with Crippen molar-refractivity contribution in [3.63, 3.8) is 0 Å². The fourth-order valence-corrected chi connectivity index (χ4v) is 2.96. The van der Waals surface area contributed by atoms with Gasteiger partial charge in [0.2, 0.25) is 0 Å². The highest BCUT2D eigenvalue weighted by atomic mass is 16.5. The normalized spacial score (nSPS) is 33.5. The Morgan fingerprint density at radius 2 is 2.31 bits per heavy atom. The van der Waals surface area contributed by atoms with Crippen LogP contribution in [-0.2, 0) is 4.74 Å². The fraction of sp³-hybridized carbons (Fsp3) is 0.846. The molecule has 1 fully saturated rings. The molecule has 2 bridgehead atoms. The van der Waals surface area contributed by atoms with E-state index in [0.29, 0.717) is 6.61 Å². The maximum absolute atomic E-state index is 9.47. The predicted octanol–water partition coefficient (Wildman–Crippen LogP) is 1.19. The van der Waals surface area contributed by atoms with E-state index in [9.17, 15) is 5.11 Å². The number of hydrogen-bond acceptors (Lipinski definition) is 3. The summed E-state index contributed by atoms with van der Waals surface area (Å²) in [5.74, 6) is 2.51. The lowest BCUT2D eigenvalue weighted by molar-refractivity contribution is 0.0592. The molecule has 0 aromatic heterocycles. The summed E-state index contributed by atoms with van der Waals surface area (Å²) in [6, 6.07) is 0. The van der Waals surface area contributed by atoms with Crippen molar-refractivity contribution in [1.82, 2.24) is 5.32 Å². The molecule has 2 aliphatic rings. The number of fused-ring (bicyclic) bond motifs is 2. The van der Waals surface area contributed by atoms with E-state index in [1.54, 1.807) is 7.11 Å². The number of hydrogen-bond donors (Lipinski definition) is 2. The molecule has 0 heterocycles. The molecule has 3 heteroatoms. The van der Waals surface area contributed by atoms with Gasteiger partial charge >= 0.3 is 0 Å². The zero-order valence-corrected chi connectivity index (χ0v) is 10.1. The first-order valence-corrected chi connectivity index (χ1v) is 6.35. The summed E-state index contributed by atoms with van der Waals surface area (Å²) in [6.45, 7) is 2.44. The quantitative estimate of drug-likeness (QED) is 0.505. The zero-order valence-electron chi connectivity index (χ0n) is 10.1. The van der Waals surface area contributed by atoms with Gasteiger partial charge in [-0.15, -0.1) is 0 Å². The number of aliphatic hydroxyl groups is 1. The number of ether oxygens (including phenoxy) is 1. The average molecular weight is 225 g/mol. The van der Waals surface area contributed by atoms with Gasteiger partial charge in [-0.1, -0.05) is 12.2 Å². The van der Waals surface area contributed by atoms with Crippen molar-refractivity contribution in [2.24, 2.45) is 17.8 Å². The minimum absolute atomic E-state index is 0.322. The van der Waals surface area contributed by atoms with Crippen LogP contribution in [0.4, 0.5) is 0 Å². The Kier molecular flexibility index (Phi) is 4.38. The first kappa shape index (κ1) is 12.1. The topological polar surface area (TPSA) is 41.5 Å². The Hall–Kier alpha value is -0.380. The number of rotatable bonds is 7. The van der Waals surface area contributed by atoms with Crippen molar-refractivity contribution in [3.05, 3.63) is 12.2 Å². The maximum atomic E-state index is 9.47. The van der Waals surface area contributed by atoms with E-state index in [1.165, 1.54) is 12.8 Å². The van der Waals surface area contributed by atoms with Crippen LogP contribution in [0, 0.1) is 17.8 Å².